The molecule has 3 heterocycles. The van der Waals surface area contributed by atoms with Crippen molar-refractivity contribution in [3.8, 4) is 0 Å². The molecule has 8 nitrogen and oxygen atoms in total. The van der Waals surface area contributed by atoms with Crippen molar-refractivity contribution in [3.63, 3.8) is 0 Å². The molecule has 1 aromatic carbocycles. The Bertz CT molecular complexity index is 920. The van der Waals surface area contributed by atoms with Gasteiger partial charge in [0.15, 0.2) is 0 Å². The number of aromatic nitrogens is 4. The second-order valence-electron chi connectivity index (χ2n) is 7.13. The van der Waals surface area contributed by atoms with E-state index >= 15 is 0 Å². The number of benzene rings is 1. The van der Waals surface area contributed by atoms with Crippen LogP contribution in [0.15, 0.2) is 61.3 Å². The van der Waals surface area contributed by atoms with E-state index in [1.54, 1.807) is 24.8 Å². The van der Waals surface area contributed by atoms with Crippen molar-refractivity contribution in [1.82, 2.24) is 29.7 Å². The largest absolute Gasteiger partial charge is 0.353 e. The Hall–Kier alpha value is -3.26. The van der Waals surface area contributed by atoms with Crippen LogP contribution in [0, 0.1) is 0 Å². The minimum atomic E-state index is -0.274. The molecule has 3 aromatic rings. The Kier molecular flexibility index (Phi) is 5.81. The number of aryl methyl sites for hydroxylation is 1. The summed E-state index contributed by atoms with van der Waals surface area (Å²) in [7, 11) is 1.94. The van der Waals surface area contributed by atoms with E-state index in [0.717, 1.165) is 43.4 Å². The zero-order valence-electron chi connectivity index (χ0n) is 16.5. The SMILES string of the molecule is Cn1ccnc1[C@H](NC(=O)CN1CCN(c2cnccn2)CC1)c1ccccc1. The summed E-state index contributed by atoms with van der Waals surface area (Å²) < 4.78 is 1.94. The summed E-state index contributed by atoms with van der Waals surface area (Å²) in [6, 6.07) is 9.67. The Labute approximate surface area is 170 Å². The van der Waals surface area contributed by atoms with Gasteiger partial charge in [0.2, 0.25) is 5.91 Å². The second-order valence-corrected chi connectivity index (χ2v) is 7.13. The van der Waals surface area contributed by atoms with Gasteiger partial charge in [0, 0.05) is 58.0 Å². The quantitative estimate of drug-likeness (QED) is 0.681. The van der Waals surface area contributed by atoms with Crippen molar-refractivity contribution in [3.05, 3.63) is 72.7 Å². The van der Waals surface area contributed by atoms with E-state index in [0.29, 0.717) is 6.54 Å². The van der Waals surface area contributed by atoms with E-state index in [-0.39, 0.29) is 11.9 Å². The monoisotopic (exact) mass is 391 g/mol. The number of carbonyl (C=O) groups excluding carboxylic acids is 1. The van der Waals surface area contributed by atoms with Crippen molar-refractivity contribution in [2.45, 2.75) is 6.04 Å². The first-order valence-electron chi connectivity index (χ1n) is 9.75. The molecular weight excluding hydrogens is 366 g/mol. The van der Waals surface area contributed by atoms with Crippen molar-refractivity contribution < 1.29 is 4.79 Å². The van der Waals surface area contributed by atoms with Gasteiger partial charge < -0.3 is 14.8 Å². The molecule has 1 saturated heterocycles. The summed E-state index contributed by atoms with van der Waals surface area (Å²) in [4.78, 5) is 30.1. The van der Waals surface area contributed by atoms with Gasteiger partial charge in [-0.05, 0) is 5.56 Å². The molecule has 0 unspecified atom stereocenters. The molecule has 2 aromatic heterocycles. The predicted molar refractivity (Wildman–Crippen MR) is 110 cm³/mol. The number of imidazole rings is 1. The summed E-state index contributed by atoms with van der Waals surface area (Å²) in [6.45, 7) is 3.63. The number of nitrogens with one attached hydrogen (secondary N) is 1. The van der Waals surface area contributed by atoms with Gasteiger partial charge in [-0.15, -0.1) is 0 Å². The summed E-state index contributed by atoms with van der Waals surface area (Å²) in [5.41, 5.74) is 1.02. The Morgan fingerprint density at radius 2 is 1.86 bits per heavy atom. The molecule has 0 saturated carbocycles. The molecule has 0 aliphatic carbocycles. The smallest absolute Gasteiger partial charge is 0.235 e. The van der Waals surface area contributed by atoms with Crippen molar-refractivity contribution in [1.29, 1.82) is 0 Å². The van der Waals surface area contributed by atoms with E-state index in [1.807, 2.05) is 48.1 Å². The van der Waals surface area contributed by atoms with Gasteiger partial charge >= 0.3 is 0 Å². The Morgan fingerprint density at radius 1 is 1.07 bits per heavy atom. The molecule has 0 radical (unpaired) electrons. The molecule has 1 aliphatic rings. The highest BCUT2D eigenvalue weighted by atomic mass is 16.2. The first kappa shape index (κ1) is 19.1. The lowest BCUT2D eigenvalue weighted by atomic mass is 10.1. The molecule has 8 heteroatoms. The van der Waals surface area contributed by atoms with Crippen LogP contribution in [0.4, 0.5) is 5.82 Å². The molecule has 1 amide bonds. The molecule has 1 fully saturated rings. The molecule has 150 valence electrons. The maximum atomic E-state index is 12.8. The van der Waals surface area contributed by atoms with Gasteiger partial charge in [-0.3, -0.25) is 14.7 Å². The highest BCUT2D eigenvalue weighted by Crippen LogP contribution is 2.20. The van der Waals surface area contributed by atoms with Gasteiger partial charge in [0.1, 0.15) is 17.7 Å². The van der Waals surface area contributed by atoms with Gasteiger partial charge in [-0.2, -0.15) is 0 Å². The summed E-state index contributed by atoms with van der Waals surface area (Å²) in [6.07, 6.45) is 8.80. The van der Waals surface area contributed by atoms with Gasteiger partial charge in [0.05, 0.1) is 12.7 Å². The first-order chi connectivity index (χ1) is 14.2. The lowest BCUT2D eigenvalue weighted by Crippen LogP contribution is -2.50. The maximum Gasteiger partial charge on any atom is 0.235 e. The van der Waals surface area contributed by atoms with Crippen molar-refractivity contribution in [2.24, 2.45) is 7.05 Å². The number of amides is 1. The van der Waals surface area contributed by atoms with E-state index in [1.165, 1.54) is 0 Å². The second kappa shape index (κ2) is 8.83. The van der Waals surface area contributed by atoms with Gasteiger partial charge in [0.25, 0.3) is 0 Å². The molecule has 4 rings (SSSR count). The first-order valence-corrected chi connectivity index (χ1v) is 9.75. The van der Waals surface area contributed by atoms with E-state index < -0.39 is 0 Å². The van der Waals surface area contributed by atoms with Crippen molar-refractivity contribution >= 4 is 11.7 Å². The number of hydrogen-bond acceptors (Lipinski definition) is 6. The lowest BCUT2D eigenvalue weighted by Gasteiger charge is -2.35. The molecule has 1 atom stereocenters. The highest BCUT2D eigenvalue weighted by molar-refractivity contribution is 5.79. The molecule has 1 aliphatic heterocycles. The van der Waals surface area contributed by atoms with Crippen LogP contribution < -0.4 is 10.2 Å². The number of nitrogens with zero attached hydrogens (tertiary/aromatic N) is 6. The summed E-state index contributed by atoms with van der Waals surface area (Å²) in [5, 5.41) is 3.17. The van der Waals surface area contributed by atoms with Gasteiger partial charge in [-0.25, -0.2) is 9.97 Å². The van der Waals surface area contributed by atoms with Crippen LogP contribution in [0.25, 0.3) is 0 Å². The third kappa shape index (κ3) is 4.60. The number of piperazine rings is 1. The van der Waals surface area contributed by atoms with Crippen LogP contribution in [0.3, 0.4) is 0 Å². The Morgan fingerprint density at radius 3 is 2.52 bits per heavy atom. The zero-order chi connectivity index (χ0) is 20.1. The molecule has 29 heavy (non-hydrogen) atoms. The molecule has 0 bridgehead atoms. The van der Waals surface area contributed by atoms with Crippen LogP contribution >= 0.6 is 0 Å². The fourth-order valence-corrected chi connectivity index (χ4v) is 3.60. The third-order valence-corrected chi connectivity index (χ3v) is 5.17. The Balaban J connectivity index is 1.37. The van der Waals surface area contributed by atoms with Crippen LogP contribution in [-0.4, -0.2) is 63.0 Å². The van der Waals surface area contributed by atoms with Crippen molar-refractivity contribution in [2.75, 3.05) is 37.6 Å². The summed E-state index contributed by atoms with van der Waals surface area (Å²) in [5.74, 6) is 1.70. The molecular formula is C21H25N7O. The predicted octanol–water partition coefficient (Wildman–Crippen LogP) is 1.24. The van der Waals surface area contributed by atoms with E-state index in [4.69, 9.17) is 0 Å². The number of rotatable bonds is 6. The standard InChI is InChI=1S/C21H25N7O/c1-26-10-9-24-21(26)20(17-5-3-2-4-6-17)25-19(29)16-27-11-13-28(14-12-27)18-15-22-7-8-23-18/h2-10,15,20H,11-14,16H2,1H3,(H,25,29)/t20-/m1/s1. The normalized spacial score (nSPS) is 15.8. The number of carbonyl (C=O) groups is 1. The fourth-order valence-electron chi connectivity index (χ4n) is 3.60. The molecule has 0 spiro atoms. The van der Waals surface area contributed by atoms with E-state index in [2.05, 4.69) is 30.1 Å². The topological polar surface area (TPSA) is 79.2 Å². The van der Waals surface area contributed by atoms with Crippen LogP contribution in [0.2, 0.25) is 0 Å². The average Bonchev–Trinajstić information content (AvgIpc) is 3.19. The minimum Gasteiger partial charge on any atom is -0.353 e. The zero-order valence-corrected chi connectivity index (χ0v) is 16.5. The van der Waals surface area contributed by atoms with Crippen LogP contribution in [0.5, 0.6) is 0 Å². The lowest BCUT2D eigenvalue weighted by molar-refractivity contribution is -0.122. The highest BCUT2D eigenvalue weighted by Gasteiger charge is 2.24. The third-order valence-electron chi connectivity index (χ3n) is 5.17. The number of hydrogen-bond donors (Lipinski definition) is 1. The minimum absolute atomic E-state index is 0.00481. The van der Waals surface area contributed by atoms with Crippen LogP contribution in [-0.2, 0) is 11.8 Å². The fraction of sp³-hybridized carbons (Fsp3) is 0.333. The molecule has 1 N–H and O–H groups in total. The van der Waals surface area contributed by atoms with Gasteiger partial charge in [-0.1, -0.05) is 30.3 Å². The van der Waals surface area contributed by atoms with Crippen LogP contribution in [0.1, 0.15) is 17.4 Å². The average molecular weight is 391 g/mol. The summed E-state index contributed by atoms with van der Waals surface area (Å²) >= 11 is 0. The maximum absolute atomic E-state index is 12.8. The van der Waals surface area contributed by atoms with E-state index in [9.17, 15) is 4.79 Å². The number of anilines is 1.